The van der Waals surface area contributed by atoms with Gasteiger partial charge >= 0.3 is 5.69 Å². The van der Waals surface area contributed by atoms with Gasteiger partial charge in [-0.05, 0) is 29.9 Å². The van der Waals surface area contributed by atoms with E-state index in [-0.39, 0.29) is 11.7 Å². The molecule has 1 heterocycles. The first-order valence-corrected chi connectivity index (χ1v) is 6.89. The molecule has 1 aliphatic heterocycles. The number of halogens is 3. The lowest BCUT2D eigenvalue weighted by molar-refractivity contribution is -0.386. The van der Waals surface area contributed by atoms with E-state index >= 15 is 0 Å². The molecule has 0 amide bonds. The molecule has 0 bridgehead atoms. The maximum absolute atomic E-state index is 13.9. The van der Waals surface area contributed by atoms with Gasteiger partial charge in [-0.2, -0.15) is 4.39 Å². The van der Waals surface area contributed by atoms with Crippen molar-refractivity contribution in [2.45, 2.75) is 13.0 Å². The average molecular weight is 350 g/mol. The van der Waals surface area contributed by atoms with Gasteiger partial charge in [-0.25, -0.2) is 4.39 Å². The van der Waals surface area contributed by atoms with Gasteiger partial charge in [0.15, 0.2) is 0 Å². The first-order valence-electron chi connectivity index (χ1n) is 6.10. The van der Waals surface area contributed by atoms with E-state index in [1.165, 1.54) is 0 Å². The molecule has 1 aromatic rings. The van der Waals surface area contributed by atoms with Crippen molar-refractivity contribution in [3.8, 4) is 0 Å². The third-order valence-corrected chi connectivity index (χ3v) is 4.33. The first-order chi connectivity index (χ1) is 9.32. The first kappa shape index (κ1) is 15.1. The number of rotatable bonds is 2. The van der Waals surface area contributed by atoms with Crippen LogP contribution in [0.2, 0.25) is 0 Å². The van der Waals surface area contributed by atoms with Gasteiger partial charge in [0.2, 0.25) is 5.82 Å². The Morgan fingerprint density at radius 3 is 2.65 bits per heavy atom. The van der Waals surface area contributed by atoms with Crippen LogP contribution < -0.4 is 4.90 Å². The lowest BCUT2D eigenvalue weighted by atomic mass is 10.1. The summed E-state index contributed by atoms with van der Waals surface area (Å²) in [5.41, 5.74) is -0.692. The molecular formula is C12H14BrF2N3O2. The molecule has 8 heteroatoms. The van der Waals surface area contributed by atoms with Crippen molar-refractivity contribution in [1.29, 1.82) is 0 Å². The topological polar surface area (TPSA) is 49.6 Å². The van der Waals surface area contributed by atoms with Crippen LogP contribution in [0.15, 0.2) is 10.5 Å². The van der Waals surface area contributed by atoms with Gasteiger partial charge in [0, 0.05) is 31.7 Å². The average Bonchev–Trinajstić information content (AvgIpc) is 2.38. The third kappa shape index (κ3) is 2.62. The molecule has 110 valence electrons. The van der Waals surface area contributed by atoms with Gasteiger partial charge < -0.3 is 9.80 Å². The van der Waals surface area contributed by atoms with Crippen molar-refractivity contribution >= 4 is 27.3 Å². The molecule has 1 saturated heterocycles. The fraction of sp³-hybridized carbons (Fsp3) is 0.500. The molecule has 1 aromatic carbocycles. The summed E-state index contributed by atoms with van der Waals surface area (Å²) in [6, 6.07) is 1.17. The summed E-state index contributed by atoms with van der Waals surface area (Å²) in [7, 11) is 1.94. The Bertz CT molecular complexity index is 556. The Balaban J connectivity index is 2.48. The number of nitrogens with zero attached hydrogens (tertiary/aromatic N) is 3. The summed E-state index contributed by atoms with van der Waals surface area (Å²) in [4.78, 5) is 14.0. The number of anilines is 1. The zero-order chi connectivity index (χ0) is 15.0. The lowest BCUT2D eigenvalue weighted by Crippen LogP contribution is -2.50. The number of piperazine rings is 1. The molecule has 0 aromatic heterocycles. The van der Waals surface area contributed by atoms with Crippen molar-refractivity contribution in [3.05, 3.63) is 32.3 Å². The van der Waals surface area contributed by atoms with E-state index in [4.69, 9.17) is 0 Å². The van der Waals surface area contributed by atoms with Gasteiger partial charge in [-0.1, -0.05) is 0 Å². The SMILES string of the molecule is C[C@H]1CN(c2cc(F)c(Br)c(F)c2[N+](=O)[O-])CCN1C. The Morgan fingerprint density at radius 2 is 2.10 bits per heavy atom. The largest absolute Gasteiger partial charge is 0.363 e. The van der Waals surface area contributed by atoms with Gasteiger partial charge in [-0.15, -0.1) is 0 Å². The molecular weight excluding hydrogens is 336 g/mol. The van der Waals surface area contributed by atoms with Crippen LogP contribution in [0.3, 0.4) is 0 Å². The minimum Gasteiger partial charge on any atom is -0.363 e. The summed E-state index contributed by atoms with van der Waals surface area (Å²) in [6.45, 7) is 3.61. The van der Waals surface area contributed by atoms with Crippen molar-refractivity contribution < 1.29 is 13.7 Å². The van der Waals surface area contributed by atoms with E-state index in [9.17, 15) is 18.9 Å². The Kier molecular flexibility index (Phi) is 4.24. The highest BCUT2D eigenvalue weighted by Gasteiger charge is 2.31. The Labute approximate surface area is 123 Å². The van der Waals surface area contributed by atoms with Crippen LogP contribution in [-0.2, 0) is 0 Å². The minimum absolute atomic E-state index is 0.00634. The molecule has 1 atom stereocenters. The highest BCUT2D eigenvalue weighted by atomic mass is 79.9. The van der Waals surface area contributed by atoms with Crippen LogP contribution in [0.5, 0.6) is 0 Å². The molecule has 0 unspecified atom stereocenters. The van der Waals surface area contributed by atoms with Crippen molar-refractivity contribution in [1.82, 2.24) is 4.90 Å². The van der Waals surface area contributed by atoms with Crippen molar-refractivity contribution in [3.63, 3.8) is 0 Å². The number of hydrogen-bond donors (Lipinski definition) is 0. The Hall–Kier alpha value is -1.28. The zero-order valence-electron chi connectivity index (χ0n) is 11.1. The molecule has 2 rings (SSSR count). The van der Waals surface area contributed by atoms with Crippen LogP contribution in [0.25, 0.3) is 0 Å². The molecule has 0 spiro atoms. The summed E-state index contributed by atoms with van der Waals surface area (Å²) >= 11 is 2.70. The van der Waals surface area contributed by atoms with Crippen LogP contribution in [0, 0.1) is 21.7 Å². The minimum atomic E-state index is -1.17. The quantitative estimate of drug-likeness (QED) is 0.468. The van der Waals surface area contributed by atoms with Gasteiger partial charge in [0.05, 0.1) is 9.40 Å². The van der Waals surface area contributed by atoms with Crippen LogP contribution in [0.1, 0.15) is 6.92 Å². The maximum Gasteiger partial charge on any atom is 0.329 e. The van der Waals surface area contributed by atoms with E-state index in [0.717, 1.165) is 6.07 Å². The second-order valence-corrected chi connectivity index (χ2v) is 5.68. The zero-order valence-corrected chi connectivity index (χ0v) is 12.7. The van der Waals surface area contributed by atoms with Crippen LogP contribution in [-0.4, -0.2) is 42.5 Å². The number of benzene rings is 1. The number of nitro groups is 1. The Morgan fingerprint density at radius 1 is 1.45 bits per heavy atom. The second-order valence-electron chi connectivity index (χ2n) is 4.89. The second kappa shape index (κ2) is 5.61. The van der Waals surface area contributed by atoms with E-state index in [0.29, 0.717) is 19.6 Å². The van der Waals surface area contributed by atoms with E-state index < -0.39 is 26.7 Å². The summed E-state index contributed by atoms with van der Waals surface area (Å²) in [5, 5.41) is 11.1. The molecule has 5 nitrogen and oxygen atoms in total. The number of likely N-dealkylation sites (N-methyl/N-ethyl adjacent to an activating group) is 1. The third-order valence-electron chi connectivity index (χ3n) is 3.60. The standard InChI is InChI=1S/C12H14BrF2N3O2/c1-7-6-17(4-3-16(7)2)9-5-8(14)10(13)11(15)12(9)18(19)20/h5,7H,3-4,6H2,1-2H3/t7-/m0/s1. The monoisotopic (exact) mass is 349 g/mol. The normalized spacial score (nSPS) is 20.2. The molecule has 0 N–H and O–H groups in total. The summed E-state index contributed by atoms with van der Waals surface area (Å²) in [6.07, 6.45) is 0. The van der Waals surface area contributed by atoms with E-state index in [1.54, 1.807) is 4.90 Å². The number of nitro benzene ring substituents is 1. The number of hydrogen-bond acceptors (Lipinski definition) is 4. The summed E-state index contributed by atoms with van der Waals surface area (Å²) in [5.74, 6) is -2.01. The molecule has 0 aliphatic carbocycles. The highest BCUT2D eigenvalue weighted by molar-refractivity contribution is 9.10. The molecule has 20 heavy (non-hydrogen) atoms. The van der Waals surface area contributed by atoms with Crippen LogP contribution >= 0.6 is 15.9 Å². The van der Waals surface area contributed by atoms with Gasteiger partial charge in [0.25, 0.3) is 0 Å². The fourth-order valence-corrected chi connectivity index (χ4v) is 2.56. The molecule has 1 fully saturated rings. The fourth-order valence-electron chi connectivity index (χ4n) is 2.25. The highest BCUT2D eigenvalue weighted by Crippen LogP contribution is 2.37. The molecule has 0 radical (unpaired) electrons. The van der Waals surface area contributed by atoms with Gasteiger partial charge in [0.1, 0.15) is 11.5 Å². The smallest absolute Gasteiger partial charge is 0.329 e. The van der Waals surface area contributed by atoms with Crippen molar-refractivity contribution in [2.24, 2.45) is 0 Å². The molecule has 1 aliphatic rings. The predicted molar refractivity (Wildman–Crippen MR) is 75.0 cm³/mol. The summed E-state index contributed by atoms with van der Waals surface area (Å²) < 4.78 is 27.1. The van der Waals surface area contributed by atoms with Gasteiger partial charge in [-0.3, -0.25) is 10.1 Å². The predicted octanol–water partition coefficient (Wildman–Crippen LogP) is 2.78. The lowest BCUT2D eigenvalue weighted by Gasteiger charge is -2.38. The molecule has 0 saturated carbocycles. The van der Waals surface area contributed by atoms with Crippen LogP contribution in [0.4, 0.5) is 20.2 Å². The van der Waals surface area contributed by atoms with E-state index in [2.05, 4.69) is 20.8 Å². The van der Waals surface area contributed by atoms with Crippen molar-refractivity contribution in [2.75, 3.05) is 31.6 Å². The van der Waals surface area contributed by atoms with E-state index in [1.807, 2.05) is 14.0 Å². The maximum atomic E-state index is 13.9.